The van der Waals surface area contributed by atoms with Crippen LogP contribution in [0.1, 0.15) is 26.2 Å². The molecule has 0 radical (unpaired) electrons. The van der Waals surface area contributed by atoms with Crippen LogP contribution in [0.5, 0.6) is 0 Å². The lowest BCUT2D eigenvalue weighted by molar-refractivity contribution is -0.170. The average molecular weight is 202 g/mol. The van der Waals surface area contributed by atoms with E-state index in [1.54, 1.807) is 0 Å². The van der Waals surface area contributed by atoms with Gasteiger partial charge >= 0.3 is 0 Å². The lowest BCUT2D eigenvalue weighted by Gasteiger charge is -2.14. The molecule has 5 heteroatoms. The van der Waals surface area contributed by atoms with E-state index in [1.807, 2.05) is 6.92 Å². The standard InChI is InChI=1S/C9H18N2O3/c1-2-14-11(9-13)7-5-3-4-6-10-8-12/h8-9H,2-7H2,1H3,(H,10,12). The van der Waals surface area contributed by atoms with Crippen molar-refractivity contribution in [3.05, 3.63) is 0 Å². The second kappa shape index (κ2) is 9.98. The number of amides is 2. The van der Waals surface area contributed by atoms with Crippen LogP contribution in [-0.2, 0) is 14.4 Å². The molecule has 0 aliphatic carbocycles. The van der Waals surface area contributed by atoms with E-state index in [4.69, 9.17) is 4.84 Å². The molecule has 0 fully saturated rings. The first kappa shape index (κ1) is 12.9. The van der Waals surface area contributed by atoms with Crippen molar-refractivity contribution in [3.63, 3.8) is 0 Å². The Bertz CT molecular complexity index is 153. The van der Waals surface area contributed by atoms with E-state index >= 15 is 0 Å². The van der Waals surface area contributed by atoms with E-state index in [2.05, 4.69) is 5.32 Å². The van der Waals surface area contributed by atoms with Gasteiger partial charge in [0, 0.05) is 13.1 Å². The Hall–Kier alpha value is -1.10. The van der Waals surface area contributed by atoms with Crippen LogP contribution in [0.4, 0.5) is 0 Å². The normalized spacial score (nSPS) is 9.50. The molecule has 2 amide bonds. The summed E-state index contributed by atoms with van der Waals surface area (Å²) in [6.07, 6.45) is 4.17. The van der Waals surface area contributed by atoms with E-state index in [0.717, 1.165) is 19.3 Å². The van der Waals surface area contributed by atoms with Crippen molar-refractivity contribution >= 4 is 12.8 Å². The minimum atomic E-state index is 0.505. The SMILES string of the molecule is CCON(C=O)CCCCCNC=O. The number of unbranched alkanes of at least 4 members (excludes halogenated alkanes) is 2. The Kier molecular flexibility index (Phi) is 9.20. The van der Waals surface area contributed by atoms with E-state index in [0.29, 0.717) is 32.5 Å². The van der Waals surface area contributed by atoms with Crippen molar-refractivity contribution in [3.8, 4) is 0 Å². The summed E-state index contributed by atoms with van der Waals surface area (Å²) in [5.41, 5.74) is 0. The summed E-state index contributed by atoms with van der Waals surface area (Å²) >= 11 is 0. The van der Waals surface area contributed by atoms with Crippen LogP contribution in [0, 0.1) is 0 Å². The zero-order valence-electron chi connectivity index (χ0n) is 8.57. The van der Waals surface area contributed by atoms with Crippen molar-refractivity contribution in [2.24, 2.45) is 0 Å². The molecule has 1 N–H and O–H groups in total. The lowest BCUT2D eigenvalue weighted by atomic mass is 10.2. The molecule has 0 unspecified atom stereocenters. The van der Waals surface area contributed by atoms with Gasteiger partial charge in [-0.2, -0.15) is 0 Å². The van der Waals surface area contributed by atoms with E-state index in [-0.39, 0.29) is 0 Å². The van der Waals surface area contributed by atoms with Crippen LogP contribution in [0.25, 0.3) is 0 Å². The van der Waals surface area contributed by atoms with Crippen LogP contribution in [0.3, 0.4) is 0 Å². The summed E-state index contributed by atoms with van der Waals surface area (Å²) < 4.78 is 0. The Labute approximate surface area is 84.4 Å². The number of carbonyl (C=O) groups is 2. The molecule has 0 saturated heterocycles. The van der Waals surface area contributed by atoms with Crippen molar-refractivity contribution < 1.29 is 14.4 Å². The molecular formula is C9H18N2O3. The Morgan fingerprint density at radius 1 is 1.29 bits per heavy atom. The van der Waals surface area contributed by atoms with Crippen LogP contribution < -0.4 is 5.32 Å². The Morgan fingerprint density at radius 2 is 2.07 bits per heavy atom. The molecule has 0 spiro atoms. The van der Waals surface area contributed by atoms with Gasteiger partial charge in [-0.05, 0) is 26.2 Å². The quantitative estimate of drug-likeness (QED) is 0.315. The minimum Gasteiger partial charge on any atom is -0.359 e. The molecule has 0 rings (SSSR count). The molecule has 0 aromatic carbocycles. The molecular weight excluding hydrogens is 184 g/mol. The van der Waals surface area contributed by atoms with Crippen LogP contribution >= 0.6 is 0 Å². The number of nitrogens with zero attached hydrogens (tertiary/aromatic N) is 1. The number of hydrogen-bond donors (Lipinski definition) is 1. The maximum absolute atomic E-state index is 10.4. The molecule has 0 atom stereocenters. The van der Waals surface area contributed by atoms with Gasteiger partial charge in [-0.15, -0.1) is 0 Å². The number of nitrogens with one attached hydrogen (secondary N) is 1. The highest BCUT2D eigenvalue weighted by Crippen LogP contribution is 1.97. The minimum absolute atomic E-state index is 0.505. The number of hydrogen-bond acceptors (Lipinski definition) is 3. The molecule has 0 aromatic heterocycles. The largest absolute Gasteiger partial charge is 0.359 e. The molecule has 0 heterocycles. The number of rotatable bonds is 10. The summed E-state index contributed by atoms with van der Waals surface area (Å²) in [7, 11) is 0. The van der Waals surface area contributed by atoms with Gasteiger partial charge in [0.1, 0.15) is 0 Å². The van der Waals surface area contributed by atoms with Crippen molar-refractivity contribution in [2.45, 2.75) is 26.2 Å². The monoisotopic (exact) mass is 202 g/mol. The highest BCUT2D eigenvalue weighted by Gasteiger charge is 1.99. The summed E-state index contributed by atoms with van der Waals surface area (Å²) in [5.74, 6) is 0. The molecule has 0 aliphatic heterocycles. The first-order valence-electron chi connectivity index (χ1n) is 4.87. The highest BCUT2D eigenvalue weighted by atomic mass is 16.7. The molecule has 0 saturated carbocycles. The number of hydroxylamine groups is 2. The highest BCUT2D eigenvalue weighted by molar-refractivity contribution is 5.45. The van der Waals surface area contributed by atoms with Gasteiger partial charge in [-0.25, -0.2) is 5.06 Å². The van der Waals surface area contributed by atoms with Gasteiger partial charge in [-0.1, -0.05) is 0 Å². The topological polar surface area (TPSA) is 58.6 Å². The van der Waals surface area contributed by atoms with Gasteiger partial charge in [0.2, 0.25) is 12.8 Å². The predicted octanol–water partition coefficient (Wildman–Crippen LogP) is 0.313. The van der Waals surface area contributed by atoms with Crippen LogP contribution in [0.15, 0.2) is 0 Å². The van der Waals surface area contributed by atoms with E-state index in [1.165, 1.54) is 5.06 Å². The number of carbonyl (C=O) groups excluding carboxylic acids is 2. The van der Waals surface area contributed by atoms with Gasteiger partial charge in [0.05, 0.1) is 6.61 Å². The first-order valence-corrected chi connectivity index (χ1v) is 4.87. The fourth-order valence-corrected chi connectivity index (χ4v) is 1.04. The third-order valence-electron chi connectivity index (χ3n) is 1.70. The van der Waals surface area contributed by atoms with E-state index in [9.17, 15) is 9.59 Å². The average Bonchev–Trinajstić information content (AvgIpc) is 2.21. The Morgan fingerprint density at radius 3 is 2.64 bits per heavy atom. The smallest absolute Gasteiger partial charge is 0.233 e. The molecule has 0 aliphatic rings. The second-order valence-electron chi connectivity index (χ2n) is 2.80. The predicted molar refractivity (Wildman–Crippen MR) is 52.3 cm³/mol. The molecule has 5 nitrogen and oxygen atoms in total. The summed E-state index contributed by atoms with van der Waals surface area (Å²) in [6, 6.07) is 0. The third kappa shape index (κ3) is 7.54. The maximum Gasteiger partial charge on any atom is 0.233 e. The van der Waals surface area contributed by atoms with Gasteiger partial charge in [0.15, 0.2) is 0 Å². The Balaban J connectivity index is 3.23. The molecule has 0 aromatic rings. The summed E-state index contributed by atoms with van der Waals surface area (Å²) in [5, 5.41) is 3.88. The van der Waals surface area contributed by atoms with Crippen LogP contribution in [0.2, 0.25) is 0 Å². The van der Waals surface area contributed by atoms with Crippen molar-refractivity contribution in [1.82, 2.24) is 10.4 Å². The fourth-order valence-electron chi connectivity index (χ4n) is 1.04. The zero-order valence-corrected chi connectivity index (χ0v) is 8.57. The van der Waals surface area contributed by atoms with Crippen molar-refractivity contribution in [2.75, 3.05) is 19.7 Å². The fraction of sp³-hybridized carbons (Fsp3) is 0.778. The lowest BCUT2D eigenvalue weighted by Crippen LogP contribution is -2.23. The van der Waals surface area contributed by atoms with Gasteiger partial charge in [-0.3, -0.25) is 14.4 Å². The van der Waals surface area contributed by atoms with Gasteiger partial charge in [0.25, 0.3) is 0 Å². The van der Waals surface area contributed by atoms with Gasteiger partial charge < -0.3 is 5.32 Å². The maximum atomic E-state index is 10.4. The third-order valence-corrected chi connectivity index (χ3v) is 1.70. The second-order valence-corrected chi connectivity index (χ2v) is 2.80. The molecule has 14 heavy (non-hydrogen) atoms. The first-order chi connectivity index (χ1) is 6.85. The zero-order chi connectivity index (χ0) is 10.6. The molecule has 82 valence electrons. The summed E-state index contributed by atoms with van der Waals surface area (Å²) in [4.78, 5) is 25.3. The van der Waals surface area contributed by atoms with Crippen molar-refractivity contribution in [1.29, 1.82) is 0 Å². The molecule has 0 bridgehead atoms. The van der Waals surface area contributed by atoms with Crippen LogP contribution in [-0.4, -0.2) is 37.6 Å². The summed E-state index contributed by atoms with van der Waals surface area (Å²) in [6.45, 7) is 3.65. The van der Waals surface area contributed by atoms with E-state index < -0.39 is 0 Å².